The molecule has 1 amide bonds. The number of hydrogen-bond donors (Lipinski definition) is 0. The zero-order chi connectivity index (χ0) is 13.8. The van der Waals surface area contributed by atoms with Crippen LogP contribution in [-0.2, 0) is 11.2 Å². The van der Waals surface area contributed by atoms with Gasteiger partial charge in [-0.15, -0.1) is 0 Å². The summed E-state index contributed by atoms with van der Waals surface area (Å²) in [4.78, 5) is 26.6. The van der Waals surface area contributed by atoms with Gasteiger partial charge in [-0.1, -0.05) is 39.0 Å². The number of Topliss-reactive ketones (excluding diaryl/α,β-unsaturated/α-hetero) is 1. The van der Waals surface area contributed by atoms with Gasteiger partial charge in [-0.25, -0.2) is 0 Å². The van der Waals surface area contributed by atoms with Crippen LogP contribution in [0.1, 0.15) is 54.7 Å². The first-order valence-electron chi connectivity index (χ1n) is 6.85. The highest BCUT2D eigenvalue weighted by Crippen LogP contribution is 2.42. The molecular formula is C16H19NO2. The van der Waals surface area contributed by atoms with E-state index in [0.29, 0.717) is 6.42 Å². The Hall–Kier alpha value is -1.64. The Labute approximate surface area is 113 Å². The molecule has 0 aromatic heterocycles. The molecule has 1 aliphatic heterocycles. The quantitative estimate of drug-likeness (QED) is 0.716. The smallest absolute Gasteiger partial charge is 0.228 e. The van der Waals surface area contributed by atoms with Crippen LogP contribution in [-0.4, -0.2) is 23.1 Å². The number of carbonyl (C=O) groups is 2. The number of benzene rings is 1. The molecular weight excluding hydrogens is 238 g/mol. The normalized spacial score (nSPS) is 21.5. The van der Waals surface area contributed by atoms with Crippen LogP contribution in [0.3, 0.4) is 0 Å². The van der Waals surface area contributed by atoms with Crippen molar-refractivity contribution in [3.05, 3.63) is 34.9 Å². The zero-order valence-electron chi connectivity index (χ0n) is 11.7. The van der Waals surface area contributed by atoms with Gasteiger partial charge in [-0.05, 0) is 17.5 Å². The van der Waals surface area contributed by atoms with Crippen molar-refractivity contribution >= 4 is 11.7 Å². The number of carbonyl (C=O) groups excluding carboxylic acids is 2. The monoisotopic (exact) mass is 257 g/mol. The van der Waals surface area contributed by atoms with Gasteiger partial charge in [-0.3, -0.25) is 9.59 Å². The number of amides is 1. The third kappa shape index (κ3) is 1.79. The SMILES string of the molecule is CC(C)(C)C(=O)N1CCc2cccc3c2C1CC3=O. The standard InChI is InChI=1S/C16H19NO2/c1-16(2,3)15(19)17-8-7-10-5-4-6-11-13(18)9-12(17)14(10)11/h4-6,12H,7-9H2,1-3H3. The predicted molar refractivity (Wildman–Crippen MR) is 73.0 cm³/mol. The highest BCUT2D eigenvalue weighted by atomic mass is 16.2. The van der Waals surface area contributed by atoms with Crippen LogP contribution in [0.15, 0.2) is 18.2 Å². The van der Waals surface area contributed by atoms with E-state index < -0.39 is 5.41 Å². The van der Waals surface area contributed by atoms with Crippen molar-refractivity contribution in [2.24, 2.45) is 5.41 Å². The summed E-state index contributed by atoms with van der Waals surface area (Å²) in [7, 11) is 0. The van der Waals surface area contributed by atoms with Gasteiger partial charge in [0.05, 0.1) is 6.04 Å². The van der Waals surface area contributed by atoms with Crippen LogP contribution < -0.4 is 0 Å². The molecule has 1 aliphatic carbocycles. The van der Waals surface area contributed by atoms with E-state index in [1.165, 1.54) is 5.56 Å². The Bertz CT molecular complexity index is 569. The Balaban J connectivity index is 2.05. The molecule has 2 aliphatic rings. The van der Waals surface area contributed by atoms with Crippen molar-refractivity contribution in [1.82, 2.24) is 4.90 Å². The average Bonchev–Trinajstić information content (AvgIpc) is 2.68. The third-order valence-electron chi connectivity index (χ3n) is 4.11. The second-order valence-corrected chi connectivity index (χ2v) is 6.52. The fourth-order valence-electron chi connectivity index (χ4n) is 3.19. The molecule has 0 N–H and O–H groups in total. The first-order valence-corrected chi connectivity index (χ1v) is 6.85. The molecule has 0 saturated carbocycles. The summed E-state index contributed by atoms with van der Waals surface area (Å²) in [6, 6.07) is 5.91. The molecule has 1 aromatic rings. The van der Waals surface area contributed by atoms with Crippen LogP contribution in [0.25, 0.3) is 0 Å². The molecule has 1 heterocycles. The lowest BCUT2D eigenvalue weighted by Crippen LogP contribution is -2.44. The minimum absolute atomic E-state index is 0.0285. The van der Waals surface area contributed by atoms with Crippen molar-refractivity contribution in [2.45, 2.75) is 39.7 Å². The fraction of sp³-hybridized carbons (Fsp3) is 0.500. The number of hydrogen-bond acceptors (Lipinski definition) is 2. The zero-order valence-corrected chi connectivity index (χ0v) is 11.7. The van der Waals surface area contributed by atoms with E-state index in [1.807, 2.05) is 37.8 Å². The summed E-state index contributed by atoms with van der Waals surface area (Å²) in [5.74, 6) is 0.322. The van der Waals surface area contributed by atoms with Crippen molar-refractivity contribution in [3.8, 4) is 0 Å². The lowest BCUT2D eigenvalue weighted by Gasteiger charge is -2.38. The molecule has 1 unspecified atom stereocenters. The first-order chi connectivity index (χ1) is 8.89. The van der Waals surface area contributed by atoms with Gasteiger partial charge in [0.25, 0.3) is 0 Å². The van der Waals surface area contributed by atoms with Crippen LogP contribution >= 0.6 is 0 Å². The molecule has 0 saturated heterocycles. The van der Waals surface area contributed by atoms with Crippen LogP contribution in [0, 0.1) is 5.41 Å². The molecule has 1 aromatic carbocycles. The van der Waals surface area contributed by atoms with E-state index >= 15 is 0 Å². The minimum atomic E-state index is -0.391. The summed E-state index contributed by atoms with van der Waals surface area (Å²) >= 11 is 0. The van der Waals surface area contributed by atoms with Gasteiger partial charge >= 0.3 is 0 Å². The van der Waals surface area contributed by atoms with Gasteiger partial charge < -0.3 is 4.90 Å². The number of ketones is 1. The number of rotatable bonds is 0. The minimum Gasteiger partial charge on any atom is -0.334 e. The van der Waals surface area contributed by atoms with Crippen molar-refractivity contribution in [3.63, 3.8) is 0 Å². The molecule has 19 heavy (non-hydrogen) atoms. The van der Waals surface area contributed by atoms with Crippen molar-refractivity contribution in [1.29, 1.82) is 0 Å². The largest absolute Gasteiger partial charge is 0.334 e. The van der Waals surface area contributed by atoms with Crippen LogP contribution in [0.5, 0.6) is 0 Å². The maximum absolute atomic E-state index is 12.5. The Morgan fingerprint density at radius 3 is 2.74 bits per heavy atom. The third-order valence-corrected chi connectivity index (χ3v) is 4.11. The lowest BCUT2D eigenvalue weighted by atomic mass is 9.89. The highest BCUT2D eigenvalue weighted by molar-refractivity contribution is 6.02. The Morgan fingerprint density at radius 2 is 2.05 bits per heavy atom. The van der Waals surface area contributed by atoms with Crippen molar-refractivity contribution < 1.29 is 9.59 Å². The van der Waals surface area contributed by atoms with Gasteiger partial charge in [0.15, 0.2) is 5.78 Å². The van der Waals surface area contributed by atoms with Gasteiger partial charge in [-0.2, -0.15) is 0 Å². The fourth-order valence-corrected chi connectivity index (χ4v) is 3.19. The predicted octanol–water partition coefficient (Wildman–Crippen LogP) is 2.74. The summed E-state index contributed by atoms with van der Waals surface area (Å²) in [5.41, 5.74) is 2.79. The molecule has 0 fully saturated rings. The Morgan fingerprint density at radius 1 is 1.32 bits per heavy atom. The molecule has 0 radical (unpaired) electrons. The second-order valence-electron chi connectivity index (χ2n) is 6.52. The second kappa shape index (κ2) is 3.92. The molecule has 0 spiro atoms. The molecule has 3 rings (SSSR count). The maximum atomic E-state index is 12.5. The van der Waals surface area contributed by atoms with E-state index in [9.17, 15) is 9.59 Å². The molecule has 3 nitrogen and oxygen atoms in total. The van der Waals surface area contributed by atoms with Crippen molar-refractivity contribution in [2.75, 3.05) is 6.54 Å². The summed E-state index contributed by atoms with van der Waals surface area (Å²) < 4.78 is 0. The van der Waals surface area contributed by atoms with E-state index in [-0.39, 0.29) is 17.7 Å². The molecule has 1 atom stereocenters. The summed E-state index contributed by atoms with van der Waals surface area (Å²) in [6.45, 7) is 6.54. The maximum Gasteiger partial charge on any atom is 0.228 e. The average molecular weight is 257 g/mol. The summed E-state index contributed by atoms with van der Waals surface area (Å²) in [6.07, 6.45) is 1.31. The Kier molecular flexibility index (Phi) is 2.56. The van der Waals surface area contributed by atoms with E-state index in [2.05, 4.69) is 6.07 Å². The van der Waals surface area contributed by atoms with Crippen LogP contribution in [0.2, 0.25) is 0 Å². The van der Waals surface area contributed by atoms with E-state index in [1.54, 1.807) is 0 Å². The molecule has 3 heteroatoms. The highest BCUT2D eigenvalue weighted by Gasteiger charge is 2.42. The molecule has 100 valence electrons. The number of nitrogens with zero attached hydrogens (tertiary/aromatic N) is 1. The van der Waals surface area contributed by atoms with Gasteiger partial charge in [0.1, 0.15) is 0 Å². The molecule has 0 bridgehead atoms. The van der Waals surface area contributed by atoms with E-state index in [4.69, 9.17) is 0 Å². The summed E-state index contributed by atoms with van der Waals surface area (Å²) in [5, 5.41) is 0. The van der Waals surface area contributed by atoms with E-state index in [0.717, 1.165) is 24.1 Å². The van der Waals surface area contributed by atoms with Gasteiger partial charge in [0, 0.05) is 23.9 Å². The lowest BCUT2D eigenvalue weighted by molar-refractivity contribution is -0.142. The first kappa shape index (κ1) is 12.4. The topological polar surface area (TPSA) is 37.4 Å². The van der Waals surface area contributed by atoms with Crippen LogP contribution in [0.4, 0.5) is 0 Å². The van der Waals surface area contributed by atoms with Gasteiger partial charge in [0.2, 0.25) is 5.91 Å².